The number of aldehydes is 1. The van der Waals surface area contributed by atoms with Gasteiger partial charge in [0.15, 0.2) is 12.1 Å². The van der Waals surface area contributed by atoms with E-state index in [1.807, 2.05) is 30.3 Å². The summed E-state index contributed by atoms with van der Waals surface area (Å²) >= 11 is 0. The van der Waals surface area contributed by atoms with Gasteiger partial charge in [-0.3, -0.25) is 4.79 Å². The third kappa shape index (κ3) is 1.83. The molecule has 2 aromatic rings. The van der Waals surface area contributed by atoms with Crippen molar-refractivity contribution in [1.82, 2.24) is 9.97 Å². The van der Waals surface area contributed by atoms with Crippen LogP contribution < -0.4 is 5.73 Å². The second-order valence-corrected chi connectivity index (χ2v) is 3.01. The van der Waals surface area contributed by atoms with Crippen LogP contribution in [0.15, 0.2) is 36.5 Å². The van der Waals surface area contributed by atoms with E-state index in [0.717, 1.165) is 5.56 Å². The van der Waals surface area contributed by atoms with Gasteiger partial charge in [0.25, 0.3) is 0 Å². The highest BCUT2D eigenvalue weighted by Crippen LogP contribution is 2.16. The molecular formula is C11H9N3O. The summed E-state index contributed by atoms with van der Waals surface area (Å²) in [7, 11) is 0. The minimum absolute atomic E-state index is 0.157. The number of nitrogens with zero attached hydrogens (tertiary/aromatic N) is 2. The second-order valence-electron chi connectivity index (χ2n) is 3.01. The summed E-state index contributed by atoms with van der Waals surface area (Å²) in [6, 6.07) is 9.50. The van der Waals surface area contributed by atoms with Crippen LogP contribution in [0.5, 0.6) is 0 Å². The molecule has 0 saturated carbocycles. The van der Waals surface area contributed by atoms with E-state index >= 15 is 0 Å². The van der Waals surface area contributed by atoms with Crippen molar-refractivity contribution >= 4 is 12.1 Å². The van der Waals surface area contributed by atoms with Crippen molar-refractivity contribution in [1.29, 1.82) is 0 Å². The van der Waals surface area contributed by atoms with Crippen molar-refractivity contribution in [3.63, 3.8) is 0 Å². The number of anilines is 1. The van der Waals surface area contributed by atoms with E-state index in [1.165, 1.54) is 0 Å². The zero-order chi connectivity index (χ0) is 10.7. The van der Waals surface area contributed by atoms with Crippen LogP contribution in [-0.2, 0) is 0 Å². The molecule has 74 valence electrons. The van der Waals surface area contributed by atoms with Crippen LogP contribution in [0.2, 0.25) is 0 Å². The van der Waals surface area contributed by atoms with Crippen LogP contribution in [0.1, 0.15) is 10.5 Å². The molecule has 0 spiro atoms. The monoisotopic (exact) mass is 199 g/mol. The Morgan fingerprint density at radius 3 is 2.60 bits per heavy atom. The van der Waals surface area contributed by atoms with Gasteiger partial charge < -0.3 is 5.73 Å². The molecule has 4 heteroatoms. The molecule has 0 aliphatic heterocycles. The van der Waals surface area contributed by atoms with E-state index in [4.69, 9.17) is 5.73 Å². The van der Waals surface area contributed by atoms with Crippen molar-refractivity contribution in [3.05, 3.63) is 42.2 Å². The first-order valence-electron chi connectivity index (χ1n) is 4.44. The largest absolute Gasteiger partial charge is 0.382 e. The molecule has 0 bridgehead atoms. The summed E-state index contributed by atoms with van der Waals surface area (Å²) in [6.45, 7) is 0. The Balaban J connectivity index is 2.51. The van der Waals surface area contributed by atoms with Crippen molar-refractivity contribution in [2.75, 3.05) is 5.73 Å². The lowest BCUT2D eigenvalue weighted by atomic mass is 10.1. The van der Waals surface area contributed by atoms with E-state index in [-0.39, 0.29) is 11.5 Å². The van der Waals surface area contributed by atoms with Gasteiger partial charge in [-0.15, -0.1) is 0 Å². The molecule has 15 heavy (non-hydrogen) atoms. The molecule has 0 aliphatic rings. The molecule has 1 aromatic heterocycles. The molecule has 1 aromatic carbocycles. The quantitative estimate of drug-likeness (QED) is 0.745. The standard InChI is InChI=1S/C11H9N3O/c12-11-10(7-15)14-9(6-13-11)8-4-2-1-3-5-8/h1-7H,(H2,12,13). The number of nitrogen functional groups attached to an aromatic ring is 1. The Morgan fingerprint density at radius 2 is 1.93 bits per heavy atom. The predicted molar refractivity (Wildman–Crippen MR) is 57.3 cm³/mol. The van der Waals surface area contributed by atoms with E-state index in [2.05, 4.69) is 9.97 Å². The Hall–Kier alpha value is -2.23. The first-order valence-corrected chi connectivity index (χ1v) is 4.44. The summed E-state index contributed by atoms with van der Waals surface area (Å²) in [6.07, 6.45) is 2.16. The van der Waals surface area contributed by atoms with Gasteiger partial charge in [-0.25, -0.2) is 9.97 Å². The van der Waals surface area contributed by atoms with Gasteiger partial charge in [0.05, 0.1) is 11.9 Å². The number of carbonyl (C=O) groups excluding carboxylic acids is 1. The smallest absolute Gasteiger partial charge is 0.172 e. The molecule has 0 radical (unpaired) electrons. The van der Waals surface area contributed by atoms with Crippen LogP contribution in [0.3, 0.4) is 0 Å². The van der Waals surface area contributed by atoms with Crippen LogP contribution in [0.4, 0.5) is 5.82 Å². The Bertz CT molecular complexity index is 482. The predicted octanol–water partition coefficient (Wildman–Crippen LogP) is 1.54. The van der Waals surface area contributed by atoms with Gasteiger partial charge in [-0.05, 0) is 0 Å². The summed E-state index contributed by atoms with van der Waals surface area (Å²) in [5.41, 5.74) is 7.21. The SMILES string of the molecule is Nc1ncc(-c2ccccc2)nc1C=O. The maximum absolute atomic E-state index is 10.6. The first-order chi connectivity index (χ1) is 7.31. The van der Waals surface area contributed by atoms with E-state index < -0.39 is 0 Å². The topological polar surface area (TPSA) is 68.9 Å². The lowest BCUT2D eigenvalue weighted by Crippen LogP contribution is -2.00. The number of hydrogen-bond donors (Lipinski definition) is 1. The molecule has 0 fully saturated rings. The molecule has 0 atom stereocenters. The van der Waals surface area contributed by atoms with Gasteiger partial charge in [0, 0.05) is 5.56 Å². The van der Waals surface area contributed by atoms with Gasteiger partial charge >= 0.3 is 0 Å². The minimum Gasteiger partial charge on any atom is -0.382 e. The van der Waals surface area contributed by atoms with Gasteiger partial charge in [0.2, 0.25) is 0 Å². The Labute approximate surface area is 86.8 Å². The van der Waals surface area contributed by atoms with E-state index in [1.54, 1.807) is 6.20 Å². The fourth-order valence-corrected chi connectivity index (χ4v) is 1.25. The highest BCUT2D eigenvalue weighted by molar-refractivity contribution is 5.79. The maximum atomic E-state index is 10.6. The molecule has 2 rings (SSSR count). The van der Waals surface area contributed by atoms with Gasteiger partial charge in [-0.1, -0.05) is 30.3 Å². The fraction of sp³-hybridized carbons (Fsp3) is 0. The summed E-state index contributed by atoms with van der Waals surface area (Å²) in [5, 5.41) is 0. The number of carbonyl (C=O) groups is 1. The van der Waals surface area contributed by atoms with Crippen molar-refractivity contribution in [3.8, 4) is 11.3 Å². The summed E-state index contributed by atoms with van der Waals surface area (Å²) in [4.78, 5) is 18.6. The lowest BCUT2D eigenvalue weighted by Gasteiger charge is -2.02. The first kappa shape index (κ1) is 9.33. The second kappa shape index (κ2) is 3.88. The molecule has 0 amide bonds. The normalized spacial score (nSPS) is 9.87. The molecular weight excluding hydrogens is 190 g/mol. The maximum Gasteiger partial charge on any atom is 0.172 e. The molecule has 0 saturated heterocycles. The van der Waals surface area contributed by atoms with Gasteiger partial charge in [0.1, 0.15) is 5.69 Å². The Morgan fingerprint density at radius 1 is 1.20 bits per heavy atom. The number of rotatable bonds is 2. The number of nitrogens with two attached hydrogens (primary N) is 1. The van der Waals surface area contributed by atoms with Crippen molar-refractivity contribution < 1.29 is 4.79 Å². The number of aromatic nitrogens is 2. The minimum atomic E-state index is 0.157. The average Bonchev–Trinajstić information content (AvgIpc) is 2.31. The molecule has 2 N–H and O–H groups in total. The molecule has 1 heterocycles. The third-order valence-corrected chi connectivity index (χ3v) is 2.01. The van der Waals surface area contributed by atoms with Crippen molar-refractivity contribution in [2.24, 2.45) is 0 Å². The van der Waals surface area contributed by atoms with Crippen LogP contribution >= 0.6 is 0 Å². The number of hydrogen-bond acceptors (Lipinski definition) is 4. The highest BCUT2D eigenvalue weighted by atomic mass is 16.1. The van der Waals surface area contributed by atoms with E-state index in [9.17, 15) is 4.79 Å². The van der Waals surface area contributed by atoms with E-state index in [0.29, 0.717) is 12.0 Å². The zero-order valence-corrected chi connectivity index (χ0v) is 7.92. The average molecular weight is 199 g/mol. The third-order valence-electron chi connectivity index (χ3n) is 2.01. The summed E-state index contributed by atoms with van der Waals surface area (Å²) in [5.74, 6) is 0.157. The van der Waals surface area contributed by atoms with Crippen molar-refractivity contribution in [2.45, 2.75) is 0 Å². The number of benzene rings is 1. The fourth-order valence-electron chi connectivity index (χ4n) is 1.25. The Kier molecular flexibility index (Phi) is 2.41. The van der Waals surface area contributed by atoms with Crippen LogP contribution in [0.25, 0.3) is 11.3 Å². The lowest BCUT2D eigenvalue weighted by molar-refractivity contribution is 0.111. The molecule has 0 aliphatic carbocycles. The van der Waals surface area contributed by atoms with Crippen LogP contribution in [-0.4, -0.2) is 16.3 Å². The van der Waals surface area contributed by atoms with Crippen LogP contribution in [0, 0.1) is 0 Å². The molecule has 0 unspecified atom stereocenters. The zero-order valence-electron chi connectivity index (χ0n) is 7.92. The highest BCUT2D eigenvalue weighted by Gasteiger charge is 2.04. The van der Waals surface area contributed by atoms with Gasteiger partial charge in [-0.2, -0.15) is 0 Å². The molecule has 4 nitrogen and oxygen atoms in total. The summed E-state index contributed by atoms with van der Waals surface area (Å²) < 4.78 is 0.